The fourth-order valence-corrected chi connectivity index (χ4v) is 4.65. The van der Waals surface area contributed by atoms with Crippen LogP contribution in [-0.2, 0) is 0 Å². The third-order valence-electron chi connectivity index (χ3n) is 5.54. The van der Waals surface area contributed by atoms with Crippen LogP contribution in [0.15, 0.2) is 70.5 Å². The van der Waals surface area contributed by atoms with E-state index in [1.54, 1.807) is 24.3 Å². The summed E-state index contributed by atoms with van der Waals surface area (Å²) >= 11 is 1.14. The Kier molecular flexibility index (Phi) is 7.55. The Balaban J connectivity index is 1.56. The molecule has 7 nitrogen and oxygen atoms in total. The number of amides is 1. The highest BCUT2D eigenvalue weighted by Crippen LogP contribution is 2.37. The van der Waals surface area contributed by atoms with Gasteiger partial charge in [0, 0.05) is 22.9 Å². The first kappa shape index (κ1) is 24.5. The van der Waals surface area contributed by atoms with Crippen molar-refractivity contribution in [3.05, 3.63) is 87.7 Å². The number of hydrogen-bond donors (Lipinski definition) is 1. The van der Waals surface area contributed by atoms with E-state index in [0.29, 0.717) is 34.5 Å². The summed E-state index contributed by atoms with van der Waals surface area (Å²) in [4.78, 5) is 25.3. The number of halogens is 1. The number of hydrogen-bond acceptors (Lipinski definition) is 6. The molecular formula is C26H25FN2O5S. The summed E-state index contributed by atoms with van der Waals surface area (Å²) in [7, 11) is 0. The predicted molar refractivity (Wildman–Crippen MR) is 131 cm³/mol. The fourth-order valence-electron chi connectivity index (χ4n) is 3.75. The maximum absolute atomic E-state index is 13.2. The first-order valence-electron chi connectivity index (χ1n) is 11.2. The van der Waals surface area contributed by atoms with Crippen LogP contribution in [0.4, 0.5) is 10.1 Å². The summed E-state index contributed by atoms with van der Waals surface area (Å²) in [5, 5.41) is 14.7. The van der Waals surface area contributed by atoms with Crippen molar-refractivity contribution >= 4 is 23.4 Å². The molecule has 0 aliphatic carbocycles. The first-order chi connectivity index (χ1) is 16.8. The number of nitro benzene ring substituents is 1. The van der Waals surface area contributed by atoms with Gasteiger partial charge < -0.3 is 14.8 Å². The number of carbonyl (C=O) groups is 1. The SMILES string of the molecule is CC(C)[C@@H](NC(=O)c1ccc(Sc2ccc(F)cc2)c([N+](=O)[O-])c1)c1ccc2c(c1)OCCCO2. The lowest BCUT2D eigenvalue weighted by atomic mass is 9.95. The van der Waals surface area contributed by atoms with Gasteiger partial charge in [0.1, 0.15) is 5.82 Å². The molecule has 1 aliphatic rings. The number of carbonyl (C=O) groups excluding carboxylic acids is 1. The van der Waals surface area contributed by atoms with Crippen LogP contribution in [0, 0.1) is 21.8 Å². The molecule has 1 N–H and O–H groups in total. The normalized spacial score (nSPS) is 13.7. The van der Waals surface area contributed by atoms with Gasteiger partial charge in [-0.2, -0.15) is 0 Å². The third kappa shape index (κ3) is 5.92. The molecule has 3 aromatic carbocycles. The van der Waals surface area contributed by atoms with Crippen molar-refractivity contribution in [2.45, 2.75) is 36.1 Å². The van der Waals surface area contributed by atoms with Gasteiger partial charge in [0.2, 0.25) is 0 Å². The Bertz CT molecular complexity index is 1230. The van der Waals surface area contributed by atoms with E-state index in [1.807, 2.05) is 32.0 Å². The largest absolute Gasteiger partial charge is 0.490 e. The molecule has 3 aromatic rings. The monoisotopic (exact) mass is 496 g/mol. The van der Waals surface area contributed by atoms with Crippen molar-refractivity contribution in [2.24, 2.45) is 5.92 Å². The molecule has 0 bridgehead atoms. The lowest BCUT2D eigenvalue weighted by molar-refractivity contribution is -0.387. The topological polar surface area (TPSA) is 90.7 Å². The van der Waals surface area contributed by atoms with E-state index in [9.17, 15) is 19.3 Å². The van der Waals surface area contributed by atoms with Gasteiger partial charge in [-0.3, -0.25) is 14.9 Å². The highest BCUT2D eigenvalue weighted by molar-refractivity contribution is 7.99. The smallest absolute Gasteiger partial charge is 0.284 e. The minimum atomic E-state index is -0.521. The molecule has 1 aliphatic heterocycles. The Hall–Kier alpha value is -3.59. The first-order valence-corrected chi connectivity index (χ1v) is 12.1. The van der Waals surface area contributed by atoms with Crippen LogP contribution in [-0.4, -0.2) is 24.0 Å². The van der Waals surface area contributed by atoms with Gasteiger partial charge in [0.25, 0.3) is 11.6 Å². The van der Waals surface area contributed by atoms with Gasteiger partial charge in [0.05, 0.1) is 29.1 Å². The summed E-state index contributed by atoms with van der Waals surface area (Å²) in [6.07, 6.45) is 0.794. The van der Waals surface area contributed by atoms with E-state index in [4.69, 9.17) is 9.47 Å². The summed E-state index contributed by atoms with van der Waals surface area (Å²) in [5.41, 5.74) is 0.847. The molecule has 0 unspecified atom stereocenters. The molecule has 4 rings (SSSR count). The average Bonchev–Trinajstić information content (AvgIpc) is 3.08. The van der Waals surface area contributed by atoms with Crippen LogP contribution in [0.3, 0.4) is 0 Å². The fraction of sp³-hybridized carbons (Fsp3) is 0.269. The minimum absolute atomic E-state index is 0.0481. The number of nitrogens with zero attached hydrogens (tertiary/aromatic N) is 1. The van der Waals surface area contributed by atoms with Gasteiger partial charge in [-0.05, 0) is 60.0 Å². The second-order valence-electron chi connectivity index (χ2n) is 8.45. The summed E-state index contributed by atoms with van der Waals surface area (Å²) in [5.74, 6) is 0.552. The lowest BCUT2D eigenvalue weighted by Crippen LogP contribution is -2.31. The molecule has 1 amide bonds. The van der Waals surface area contributed by atoms with Crippen molar-refractivity contribution in [1.82, 2.24) is 5.32 Å². The molecule has 0 saturated heterocycles. The molecule has 1 heterocycles. The number of nitro groups is 1. The quantitative estimate of drug-likeness (QED) is 0.311. The maximum Gasteiger partial charge on any atom is 0.284 e. The molecule has 0 radical (unpaired) electrons. The van der Waals surface area contributed by atoms with Crippen molar-refractivity contribution in [2.75, 3.05) is 13.2 Å². The van der Waals surface area contributed by atoms with E-state index >= 15 is 0 Å². The zero-order valence-electron chi connectivity index (χ0n) is 19.3. The average molecular weight is 497 g/mol. The minimum Gasteiger partial charge on any atom is -0.490 e. The van der Waals surface area contributed by atoms with Crippen LogP contribution in [0.5, 0.6) is 11.5 Å². The maximum atomic E-state index is 13.2. The second-order valence-corrected chi connectivity index (χ2v) is 9.56. The van der Waals surface area contributed by atoms with Gasteiger partial charge in [-0.1, -0.05) is 31.7 Å². The van der Waals surface area contributed by atoms with Gasteiger partial charge in [-0.25, -0.2) is 4.39 Å². The highest BCUT2D eigenvalue weighted by atomic mass is 32.2. The Labute approximate surface area is 206 Å². The Morgan fingerprint density at radius 2 is 1.74 bits per heavy atom. The lowest BCUT2D eigenvalue weighted by Gasteiger charge is -2.24. The summed E-state index contributed by atoms with van der Waals surface area (Å²) < 4.78 is 24.7. The number of nitrogens with one attached hydrogen (secondary N) is 1. The summed E-state index contributed by atoms with van der Waals surface area (Å²) in [6, 6.07) is 15.3. The third-order valence-corrected chi connectivity index (χ3v) is 6.62. The molecule has 182 valence electrons. The number of fused-ring (bicyclic) bond motifs is 1. The van der Waals surface area contributed by atoms with E-state index in [1.165, 1.54) is 18.2 Å². The van der Waals surface area contributed by atoms with Crippen LogP contribution >= 0.6 is 11.8 Å². The van der Waals surface area contributed by atoms with E-state index in [2.05, 4.69) is 5.32 Å². The summed E-state index contributed by atoms with van der Waals surface area (Å²) in [6.45, 7) is 5.11. The number of ether oxygens (including phenoxy) is 2. The molecule has 0 spiro atoms. The van der Waals surface area contributed by atoms with Crippen molar-refractivity contribution in [1.29, 1.82) is 0 Å². The van der Waals surface area contributed by atoms with E-state index in [0.717, 1.165) is 23.7 Å². The number of benzene rings is 3. The van der Waals surface area contributed by atoms with Crippen LogP contribution in [0.2, 0.25) is 0 Å². The highest BCUT2D eigenvalue weighted by Gasteiger charge is 2.24. The van der Waals surface area contributed by atoms with E-state index < -0.39 is 10.8 Å². The van der Waals surface area contributed by atoms with Crippen molar-refractivity contribution in [3.8, 4) is 11.5 Å². The molecule has 0 aromatic heterocycles. The van der Waals surface area contributed by atoms with Gasteiger partial charge in [-0.15, -0.1) is 0 Å². The number of rotatable bonds is 7. The molecule has 1 atom stereocenters. The Morgan fingerprint density at radius 3 is 2.43 bits per heavy atom. The van der Waals surface area contributed by atoms with Gasteiger partial charge in [0.15, 0.2) is 11.5 Å². The molecule has 9 heteroatoms. The standard InChI is InChI=1S/C26H25FN2O5S/c1-16(2)25(17-4-10-22-23(15-17)34-13-3-12-33-22)28-26(30)18-5-11-24(21(14-18)29(31)32)35-20-8-6-19(27)7-9-20/h4-11,14-16,25H,3,12-13H2,1-2H3,(H,28,30)/t25-/m1/s1. The predicted octanol–water partition coefficient (Wildman–Crippen LogP) is 6.17. The van der Waals surface area contributed by atoms with Crippen LogP contribution in [0.1, 0.15) is 42.2 Å². The molecule has 35 heavy (non-hydrogen) atoms. The molecule has 0 saturated carbocycles. The van der Waals surface area contributed by atoms with Crippen molar-refractivity contribution in [3.63, 3.8) is 0 Å². The Morgan fingerprint density at radius 1 is 1.03 bits per heavy atom. The second kappa shape index (κ2) is 10.8. The van der Waals surface area contributed by atoms with Crippen molar-refractivity contribution < 1.29 is 23.6 Å². The molecular weight excluding hydrogens is 471 g/mol. The van der Waals surface area contributed by atoms with Crippen LogP contribution in [0.25, 0.3) is 0 Å². The van der Waals surface area contributed by atoms with E-state index in [-0.39, 0.29) is 29.0 Å². The molecule has 0 fully saturated rings. The zero-order valence-corrected chi connectivity index (χ0v) is 20.1. The zero-order chi connectivity index (χ0) is 24.9. The van der Waals surface area contributed by atoms with Crippen LogP contribution < -0.4 is 14.8 Å². The van der Waals surface area contributed by atoms with Gasteiger partial charge >= 0.3 is 0 Å².